The van der Waals surface area contributed by atoms with Crippen molar-refractivity contribution in [2.75, 3.05) is 5.88 Å². The van der Waals surface area contributed by atoms with Crippen molar-refractivity contribution >= 4 is 23.2 Å². The molecule has 8 heavy (non-hydrogen) atoms. The Morgan fingerprint density at radius 2 is 1.62 bits per heavy atom. The summed E-state index contributed by atoms with van der Waals surface area (Å²) >= 11 is 11.5. The van der Waals surface area contributed by atoms with E-state index in [1.165, 1.54) is 0 Å². The second kappa shape index (κ2) is 3.58. The zero-order valence-electron chi connectivity index (χ0n) is 5.38. The highest BCUT2D eigenvalue weighted by atomic mass is 35.5. The summed E-state index contributed by atoms with van der Waals surface area (Å²) in [4.78, 5) is -0.137. The number of alkyl halides is 2. The summed E-state index contributed by atoms with van der Waals surface area (Å²) in [6, 6.07) is 0. The Labute approximate surface area is 61.2 Å². The molecule has 0 N–H and O–H groups in total. The summed E-state index contributed by atoms with van der Waals surface area (Å²) in [6.45, 7) is 4.11. The summed E-state index contributed by atoms with van der Waals surface area (Å²) in [6.07, 6.45) is 1.91. The van der Waals surface area contributed by atoms with Crippen LogP contribution in [-0.4, -0.2) is 10.8 Å². The molecule has 0 spiro atoms. The SMILES string of the molecule is CCC(Cl)(CC)CCl. The molecule has 0 saturated heterocycles. The first-order valence-corrected chi connectivity index (χ1v) is 3.84. The predicted octanol–water partition coefficient (Wildman–Crippen LogP) is 3.02. The highest BCUT2D eigenvalue weighted by Gasteiger charge is 2.20. The molecule has 0 heterocycles. The molecule has 0 amide bonds. The number of hydrogen-bond donors (Lipinski definition) is 0. The minimum atomic E-state index is -0.137. The summed E-state index contributed by atoms with van der Waals surface area (Å²) < 4.78 is 0. The highest BCUT2D eigenvalue weighted by Crippen LogP contribution is 2.24. The molecule has 0 aromatic rings. The van der Waals surface area contributed by atoms with Crippen molar-refractivity contribution in [1.82, 2.24) is 0 Å². The summed E-state index contributed by atoms with van der Waals surface area (Å²) in [7, 11) is 0. The van der Waals surface area contributed by atoms with Gasteiger partial charge in [0.1, 0.15) is 0 Å². The molecular weight excluding hydrogens is 143 g/mol. The third-order valence-electron chi connectivity index (χ3n) is 1.51. The zero-order valence-corrected chi connectivity index (χ0v) is 6.89. The minimum absolute atomic E-state index is 0.137. The van der Waals surface area contributed by atoms with Crippen LogP contribution in [0.25, 0.3) is 0 Å². The summed E-state index contributed by atoms with van der Waals surface area (Å²) in [5.41, 5.74) is 0. The van der Waals surface area contributed by atoms with E-state index in [1.807, 2.05) is 0 Å². The van der Waals surface area contributed by atoms with Crippen LogP contribution in [0.3, 0.4) is 0 Å². The topological polar surface area (TPSA) is 0 Å². The van der Waals surface area contributed by atoms with Crippen LogP contribution in [-0.2, 0) is 0 Å². The van der Waals surface area contributed by atoms with E-state index < -0.39 is 0 Å². The molecule has 0 aromatic carbocycles. The fourth-order valence-electron chi connectivity index (χ4n) is 0.439. The van der Waals surface area contributed by atoms with Gasteiger partial charge < -0.3 is 0 Å². The van der Waals surface area contributed by atoms with Gasteiger partial charge in [0, 0.05) is 5.88 Å². The lowest BCUT2D eigenvalue weighted by Crippen LogP contribution is -2.20. The van der Waals surface area contributed by atoms with Gasteiger partial charge in [0.05, 0.1) is 4.87 Å². The summed E-state index contributed by atoms with van der Waals surface area (Å²) in [5.74, 6) is 0.557. The Morgan fingerprint density at radius 3 is 1.62 bits per heavy atom. The third-order valence-corrected chi connectivity index (χ3v) is 2.82. The molecule has 0 radical (unpaired) electrons. The van der Waals surface area contributed by atoms with Crippen molar-refractivity contribution in [3.63, 3.8) is 0 Å². The average molecular weight is 155 g/mol. The second-order valence-electron chi connectivity index (χ2n) is 1.99. The normalized spacial score (nSPS) is 12.0. The van der Waals surface area contributed by atoms with E-state index in [4.69, 9.17) is 23.2 Å². The predicted molar refractivity (Wildman–Crippen MR) is 39.9 cm³/mol. The van der Waals surface area contributed by atoms with Gasteiger partial charge in [-0.3, -0.25) is 0 Å². The maximum absolute atomic E-state index is 5.96. The van der Waals surface area contributed by atoms with Crippen molar-refractivity contribution < 1.29 is 0 Å². The molecule has 0 atom stereocenters. The zero-order chi connectivity index (χ0) is 6.62. The van der Waals surface area contributed by atoms with Gasteiger partial charge in [0.25, 0.3) is 0 Å². The number of rotatable bonds is 3. The fraction of sp³-hybridized carbons (Fsp3) is 1.00. The minimum Gasteiger partial charge on any atom is -0.125 e. The van der Waals surface area contributed by atoms with E-state index in [-0.39, 0.29) is 4.87 Å². The number of hydrogen-bond acceptors (Lipinski definition) is 0. The molecule has 2 heteroatoms. The Balaban J connectivity index is 3.58. The maximum atomic E-state index is 5.96. The van der Waals surface area contributed by atoms with Crippen LogP contribution in [0.4, 0.5) is 0 Å². The van der Waals surface area contributed by atoms with E-state index in [2.05, 4.69) is 13.8 Å². The third kappa shape index (κ3) is 2.23. The lowest BCUT2D eigenvalue weighted by atomic mass is 10.1. The molecule has 0 aromatic heterocycles. The molecule has 0 saturated carbocycles. The highest BCUT2D eigenvalue weighted by molar-refractivity contribution is 6.30. The van der Waals surface area contributed by atoms with Crippen molar-refractivity contribution in [3.8, 4) is 0 Å². The van der Waals surface area contributed by atoms with E-state index in [0.29, 0.717) is 5.88 Å². The molecule has 0 nitrogen and oxygen atoms in total. The van der Waals surface area contributed by atoms with Gasteiger partial charge in [-0.05, 0) is 12.8 Å². The second-order valence-corrected chi connectivity index (χ2v) is 3.06. The molecule has 0 aliphatic carbocycles. The van der Waals surface area contributed by atoms with E-state index >= 15 is 0 Å². The molecule has 0 bridgehead atoms. The van der Waals surface area contributed by atoms with Gasteiger partial charge in [0.15, 0.2) is 0 Å². The maximum Gasteiger partial charge on any atom is 0.0576 e. The molecule has 0 aliphatic rings. The van der Waals surface area contributed by atoms with Gasteiger partial charge in [-0.1, -0.05) is 13.8 Å². The average Bonchev–Trinajstić information content (AvgIpc) is 1.87. The molecular formula is C6H12Cl2. The van der Waals surface area contributed by atoms with E-state index in [1.54, 1.807) is 0 Å². The fourth-order valence-corrected chi connectivity index (χ4v) is 0.817. The van der Waals surface area contributed by atoms with Gasteiger partial charge in [0.2, 0.25) is 0 Å². The molecule has 0 fully saturated rings. The molecule has 0 unspecified atom stereocenters. The van der Waals surface area contributed by atoms with Crippen LogP contribution in [0.2, 0.25) is 0 Å². The van der Waals surface area contributed by atoms with E-state index in [0.717, 1.165) is 12.8 Å². The largest absolute Gasteiger partial charge is 0.125 e. The van der Waals surface area contributed by atoms with Crippen molar-refractivity contribution in [3.05, 3.63) is 0 Å². The van der Waals surface area contributed by atoms with Gasteiger partial charge in [-0.25, -0.2) is 0 Å². The van der Waals surface area contributed by atoms with Gasteiger partial charge >= 0.3 is 0 Å². The van der Waals surface area contributed by atoms with Crippen LogP contribution < -0.4 is 0 Å². The quantitative estimate of drug-likeness (QED) is 0.549. The lowest BCUT2D eigenvalue weighted by molar-refractivity contribution is 0.593. The van der Waals surface area contributed by atoms with Crippen molar-refractivity contribution in [2.45, 2.75) is 31.6 Å². The van der Waals surface area contributed by atoms with Crippen molar-refractivity contribution in [2.24, 2.45) is 0 Å². The van der Waals surface area contributed by atoms with Crippen LogP contribution in [0.1, 0.15) is 26.7 Å². The Kier molecular flexibility index (Phi) is 3.84. The van der Waals surface area contributed by atoms with Crippen LogP contribution >= 0.6 is 23.2 Å². The first-order chi connectivity index (χ1) is 3.68. The molecule has 0 rings (SSSR count). The first kappa shape index (κ1) is 8.58. The van der Waals surface area contributed by atoms with Gasteiger partial charge in [-0.15, -0.1) is 23.2 Å². The Hall–Kier alpha value is 0.580. The van der Waals surface area contributed by atoms with Crippen LogP contribution in [0.15, 0.2) is 0 Å². The Bertz CT molecular complexity index is 49.3. The number of halogens is 2. The van der Waals surface area contributed by atoms with E-state index in [9.17, 15) is 0 Å². The first-order valence-electron chi connectivity index (χ1n) is 2.93. The van der Waals surface area contributed by atoms with Crippen LogP contribution in [0, 0.1) is 0 Å². The van der Waals surface area contributed by atoms with Gasteiger partial charge in [-0.2, -0.15) is 0 Å². The van der Waals surface area contributed by atoms with Crippen LogP contribution in [0.5, 0.6) is 0 Å². The summed E-state index contributed by atoms with van der Waals surface area (Å²) in [5, 5.41) is 0. The molecule has 0 aliphatic heterocycles. The Morgan fingerprint density at radius 1 is 1.25 bits per heavy atom. The molecule has 50 valence electrons. The monoisotopic (exact) mass is 154 g/mol. The standard InChI is InChI=1S/C6H12Cl2/c1-3-6(8,4-2)5-7/h3-5H2,1-2H3. The smallest absolute Gasteiger partial charge is 0.0576 e. The lowest BCUT2D eigenvalue weighted by Gasteiger charge is -2.19. The van der Waals surface area contributed by atoms with Crippen molar-refractivity contribution in [1.29, 1.82) is 0 Å².